The maximum absolute atomic E-state index is 2.50. The maximum atomic E-state index is 2.50. The van der Waals surface area contributed by atoms with Gasteiger partial charge in [0, 0.05) is 0 Å². The second kappa shape index (κ2) is 4.02. The molecule has 0 amide bonds. The molecule has 0 aromatic heterocycles. The van der Waals surface area contributed by atoms with Crippen LogP contribution in [0.4, 0.5) is 0 Å². The average molecular weight is 182 g/mol. The molecule has 0 aromatic rings. The summed E-state index contributed by atoms with van der Waals surface area (Å²) in [6.07, 6.45) is 5.73. The Balaban J connectivity index is 2.63. The zero-order chi connectivity index (χ0) is 10.1. The third-order valence-corrected chi connectivity index (χ3v) is 4.48. The first-order valence-electron chi connectivity index (χ1n) is 6.02. The van der Waals surface area contributed by atoms with Gasteiger partial charge in [-0.3, -0.25) is 0 Å². The minimum Gasteiger partial charge on any atom is -0.0654 e. The zero-order valence-electron chi connectivity index (χ0n) is 10.1. The molecule has 0 aromatic carbocycles. The smallest absolute Gasteiger partial charge is 0.0275 e. The molecule has 13 heavy (non-hydrogen) atoms. The molecule has 2 unspecified atom stereocenters. The topological polar surface area (TPSA) is 0 Å². The Morgan fingerprint density at radius 1 is 1.23 bits per heavy atom. The predicted molar refractivity (Wildman–Crippen MR) is 59.7 cm³/mol. The first-order chi connectivity index (χ1) is 6.02. The van der Waals surface area contributed by atoms with Gasteiger partial charge in [-0.15, -0.1) is 0 Å². The van der Waals surface area contributed by atoms with Crippen LogP contribution in [0.3, 0.4) is 0 Å². The molecule has 0 aliphatic heterocycles. The van der Waals surface area contributed by atoms with Gasteiger partial charge in [-0.25, -0.2) is 0 Å². The fourth-order valence-electron chi connectivity index (χ4n) is 2.72. The van der Waals surface area contributed by atoms with Crippen LogP contribution < -0.4 is 0 Å². The van der Waals surface area contributed by atoms with Crippen molar-refractivity contribution in [2.75, 3.05) is 0 Å². The van der Waals surface area contributed by atoms with Crippen molar-refractivity contribution in [2.45, 2.75) is 60.3 Å². The summed E-state index contributed by atoms with van der Waals surface area (Å²) in [4.78, 5) is 0. The number of hydrogen-bond acceptors (Lipinski definition) is 0. The van der Waals surface area contributed by atoms with Gasteiger partial charge in [0.05, 0.1) is 0 Å². The molecule has 0 spiro atoms. The molecule has 1 fully saturated rings. The van der Waals surface area contributed by atoms with Gasteiger partial charge in [0.2, 0.25) is 0 Å². The van der Waals surface area contributed by atoms with E-state index in [1.165, 1.54) is 25.7 Å². The third-order valence-electron chi connectivity index (χ3n) is 4.48. The first-order valence-corrected chi connectivity index (χ1v) is 6.02. The molecule has 2 atom stereocenters. The summed E-state index contributed by atoms with van der Waals surface area (Å²) < 4.78 is 0. The van der Waals surface area contributed by atoms with Crippen LogP contribution in [0.1, 0.15) is 60.3 Å². The number of rotatable bonds is 5. The monoisotopic (exact) mass is 182 g/mol. The largest absolute Gasteiger partial charge is 0.0654 e. The molecule has 0 nitrogen and oxygen atoms in total. The molecule has 0 saturated heterocycles. The molecule has 1 rings (SSSR count). The van der Waals surface area contributed by atoms with E-state index in [2.05, 4.69) is 34.6 Å². The second-order valence-corrected chi connectivity index (χ2v) is 5.54. The molecule has 0 N–H and O–H groups in total. The molecular weight excluding hydrogens is 156 g/mol. The Morgan fingerprint density at radius 3 is 2.08 bits per heavy atom. The summed E-state index contributed by atoms with van der Waals surface area (Å²) in [6.45, 7) is 12.1. The zero-order valence-corrected chi connectivity index (χ0v) is 10.1. The van der Waals surface area contributed by atoms with Crippen LogP contribution in [0.2, 0.25) is 0 Å². The van der Waals surface area contributed by atoms with E-state index in [0.717, 1.165) is 17.8 Å². The SMILES string of the molecule is CCCC(C)(C(C)C)C(C)C1CC1. The van der Waals surface area contributed by atoms with Crippen LogP contribution in [-0.2, 0) is 0 Å². The Labute approximate surface area is 84.1 Å². The molecule has 0 heteroatoms. The molecule has 78 valence electrons. The fraction of sp³-hybridized carbons (Fsp3) is 1.00. The van der Waals surface area contributed by atoms with Crippen LogP contribution in [0.15, 0.2) is 0 Å². The lowest BCUT2D eigenvalue weighted by molar-refractivity contribution is 0.0946. The van der Waals surface area contributed by atoms with Crippen LogP contribution in [-0.4, -0.2) is 0 Å². The van der Waals surface area contributed by atoms with E-state index in [0.29, 0.717) is 5.41 Å². The highest BCUT2D eigenvalue weighted by Crippen LogP contribution is 2.50. The summed E-state index contributed by atoms with van der Waals surface area (Å²) >= 11 is 0. The fourth-order valence-corrected chi connectivity index (χ4v) is 2.72. The van der Waals surface area contributed by atoms with E-state index in [-0.39, 0.29) is 0 Å². The van der Waals surface area contributed by atoms with Crippen LogP contribution >= 0.6 is 0 Å². The summed E-state index contributed by atoms with van der Waals surface area (Å²) in [5.74, 6) is 2.83. The van der Waals surface area contributed by atoms with Gasteiger partial charge in [-0.05, 0) is 42.4 Å². The lowest BCUT2D eigenvalue weighted by Crippen LogP contribution is -2.32. The van der Waals surface area contributed by atoms with Gasteiger partial charge in [0.25, 0.3) is 0 Å². The lowest BCUT2D eigenvalue weighted by atomic mass is 9.65. The highest BCUT2D eigenvalue weighted by Gasteiger charge is 2.41. The normalized spacial score (nSPS) is 24.5. The summed E-state index contributed by atoms with van der Waals surface area (Å²) in [5.41, 5.74) is 0.593. The molecule has 0 heterocycles. The Morgan fingerprint density at radius 2 is 1.77 bits per heavy atom. The molecule has 0 bridgehead atoms. The van der Waals surface area contributed by atoms with E-state index in [1.807, 2.05) is 0 Å². The lowest BCUT2D eigenvalue weighted by Gasteiger charge is -2.40. The van der Waals surface area contributed by atoms with Crippen molar-refractivity contribution in [1.29, 1.82) is 0 Å². The van der Waals surface area contributed by atoms with E-state index >= 15 is 0 Å². The van der Waals surface area contributed by atoms with Crippen molar-refractivity contribution in [3.8, 4) is 0 Å². The molecular formula is C13H26. The summed E-state index contributed by atoms with van der Waals surface area (Å²) in [7, 11) is 0. The van der Waals surface area contributed by atoms with Crippen LogP contribution in [0, 0.1) is 23.2 Å². The summed E-state index contributed by atoms with van der Waals surface area (Å²) in [6, 6.07) is 0. The maximum Gasteiger partial charge on any atom is -0.0275 e. The average Bonchev–Trinajstić information content (AvgIpc) is 2.85. The minimum absolute atomic E-state index is 0.593. The second-order valence-electron chi connectivity index (χ2n) is 5.54. The Hall–Kier alpha value is 0. The van der Waals surface area contributed by atoms with Crippen molar-refractivity contribution in [1.82, 2.24) is 0 Å². The molecule has 1 aliphatic rings. The van der Waals surface area contributed by atoms with Crippen LogP contribution in [0.5, 0.6) is 0 Å². The molecule has 1 saturated carbocycles. The van der Waals surface area contributed by atoms with Crippen LogP contribution in [0.25, 0.3) is 0 Å². The van der Waals surface area contributed by atoms with Gasteiger partial charge < -0.3 is 0 Å². The van der Waals surface area contributed by atoms with Gasteiger partial charge in [-0.1, -0.05) is 41.0 Å². The molecule has 1 aliphatic carbocycles. The predicted octanol–water partition coefficient (Wildman–Crippen LogP) is 4.49. The third kappa shape index (κ3) is 2.27. The van der Waals surface area contributed by atoms with Crippen molar-refractivity contribution in [2.24, 2.45) is 23.2 Å². The van der Waals surface area contributed by atoms with Crippen molar-refractivity contribution in [3.63, 3.8) is 0 Å². The van der Waals surface area contributed by atoms with E-state index in [1.54, 1.807) is 0 Å². The Kier molecular flexibility index (Phi) is 3.43. The minimum atomic E-state index is 0.593. The Bertz CT molecular complexity index is 155. The van der Waals surface area contributed by atoms with Gasteiger partial charge in [-0.2, -0.15) is 0 Å². The van der Waals surface area contributed by atoms with Gasteiger partial charge >= 0.3 is 0 Å². The standard InChI is InChI=1S/C13H26/c1-6-9-13(5,10(2)3)11(4)12-7-8-12/h10-12H,6-9H2,1-5H3. The first kappa shape index (κ1) is 11.1. The highest BCUT2D eigenvalue weighted by molar-refractivity contribution is 4.91. The van der Waals surface area contributed by atoms with Crippen molar-refractivity contribution < 1.29 is 0 Å². The molecule has 0 radical (unpaired) electrons. The van der Waals surface area contributed by atoms with Crippen molar-refractivity contribution >= 4 is 0 Å². The summed E-state index contributed by atoms with van der Waals surface area (Å²) in [5, 5.41) is 0. The van der Waals surface area contributed by atoms with E-state index < -0.39 is 0 Å². The van der Waals surface area contributed by atoms with E-state index in [9.17, 15) is 0 Å². The van der Waals surface area contributed by atoms with E-state index in [4.69, 9.17) is 0 Å². The van der Waals surface area contributed by atoms with Gasteiger partial charge in [0.15, 0.2) is 0 Å². The highest BCUT2D eigenvalue weighted by atomic mass is 14.5. The van der Waals surface area contributed by atoms with Crippen molar-refractivity contribution in [3.05, 3.63) is 0 Å². The van der Waals surface area contributed by atoms with Gasteiger partial charge in [0.1, 0.15) is 0 Å². The number of hydrogen-bond donors (Lipinski definition) is 0. The quantitative estimate of drug-likeness (QED) is 0.587.